The van der Waals surface area contributed by atoms with Crippen molar-refractivity contribution in [1.82, 2.24) is 19.7 Å². The molecule has 0 bridgehead atoms. The fourth-order valence-electron chi connectivity index (χ4n) is 3.50. The molecule has 33 heavy (non-hydrogen) atoms. The predicted molar refractivity (Wildman–Crippen MR) is 123 cm³/mol. The van der Waals surface area contributed by atoms with Gasteiger partial charge in [-0.3, -0.25) is 9.69 Å². The van der Waals surface area contributed by atoms with Gasteiger partial charge in [-0.2, -0.15) is 13.2 Å². The first kappa shape index (κ1) is 24.8. The number of amides is 1. The Morgan fingerprint density at radius 2 is 1.76 bits per heavy atom. The Morgan fingerprint density at radius 1 is 1.09 bits per heavy atom. The van der Waals surface area contributed by atoms with Gasteiger partial charge in [0.1, 0.15) is 0 Å². The van der Waals surface area contributed by atoms with Crippen LogP contribution in [0.15, 0.2) is 59.8 Å². The molecule has 0 unspecified atom stereocenters. The molecule has 1 amide bonds. The van der Waals surface area contributed by atoms with Crippen LogP contribution in [-0.4, -0.2) is 45.4 Å². The zero-order valence-corrected chi connectivity index (χ0v) is 19.5. The van der Waals surface area contributed by atoms with E-state index in [1.807, 2.05) is 49.0 Å². The molecule has 0 saturated carbocycles. The van der Waals surface area contributed by atoms with E-state index < -0.39 is 17.6 Å². The molecule has 1 N–H and O–H groups in total. The van der Waals surface area contributed by atoms with Gasteiger partial charge in [0.25, 0.3) is 0 Å². The zero-order chi connectivity index (χ0) is 24.0. The number of halogens is 3. The van der Waals surface area contributed by atoms with Crippen LogP contribution < -0.4 is 5.32 Å². The largest absolute Gasteiger partial charge is 0.418 e. The van der Waals surface area contributed by atoms with Crippen LogP contribution in [0.3, 0.4) is 0 Å². The SMILES string of the molecule is CC[C@@H](c1nnc(SCC(=O)Nc2ccccc2C(F)(F)F)n1Cc1ccccc1)N(C)C. The number of para-hydroxylation sites is 1. The van der Waals surface area contributed by atoms with Crippen molar-refractivity contribution in [2.45, 2.75) is 37.3 Å². The maximum Gasteiger partial charge on any atom is 0.418 e. The van der Waals surface area contributed by atoms with E-state index in [4.69, 9.17) is 0 Å². The van der Waals surface area contributed by atoms with Crippen LogP contribution in [0.25, 0.3) is 0 Å². The van der Waals surface area contributed by atoms with Crippen molar-refractivity contribution >= 4 is 23.4 Å². The number of carbonyl (C=O) groups excluding carboxylic acids is 1. The maximum absolute atomic E-state index is 13.2. The summed E-state index contributed by atoms with van der Waals surface area (Å²) in [6.07, 6.45) is -3.73. The van der Waals surface area contributed by atoms with Crippen molar-refractivity contribution in [3.05, 3.63) is 71.5 Å². The molecule has 1 atom stereocenters. The average molecular weight is 478 g/mol. The van der Waals surface area contributed by atoms with Gasteiger partial charge in [0.15, 0.2) is 11.0 Å². The average Bonchev–Trinajstić information content (AvgIpc) is 3.15. The highest BCUT2D eigenvalue weighted by Gasteiger charge is 2.33. The van der Waals surface area contributed by atoms with Gasteiger partial charge in [0, 0.05) is 0 Å². The minimum Gasteiger partial charge on any atom is -0.325 e. The molecule has 2 aromatic carbocycles. The molecule has 0 fully saturated rings. The number of alkyl halides is 3. The molecule has 0 aliphatic heterocycles. The molecule has 3 rings (SSSR count). The van der Waals surface area contributed by atoms with E-state index in [2.05, 4.69) is 27.3 Å². The molecule has 0 radical (unpaired) electrons. The summed E-state index contributed by atoms with van der Waals surface area (Å²) in [4.78, 5) is 14.5. The molecule has 6 nitrogen and oxygen atoms in total. The van der Waals surface area contributed by atoms with E-state index in [0.29, 0.717) is 11.7 Å². The van der Waals surface area contributed by atoms with Crippen LogP contribution in [0, 0.1) is 0 Å². The maximum atomic E-state index is 13.2. The quantitative estimate of drug-likeness (QED) is 0.435. The molecular formula is C23H26F3N5OS. The Balaban J connectivity index is 1.79. The molecule has 3 aromatic rings. The predicted octanol–water partition coefficient (Wildman–Crippen LogP) is 5.09. The highest BCUT2D eigenvalue weighted by atomic mass is 32.2. The third kappa shape index (κ3) is 6.35. The first-order chi connectivity index (χ1) is 15.7. The summed E-state index contributed by atoms with van der Waals surface area (Å²) < 4.78 is 41.6. The summed E-state index contributed by atoms with van der Waals surface area (Å²) in [7, 11) is 3.93. The Morgan fingerprint density at radius 3 is 2.39 bits per heavy atom. The standard InChI is InChI=1S/C23H26F3N5OS/c1-4-19(30(2)3)21-28-29-22(31(21)14-16-10-6-5-7-11-16)33-15-20(32)27-18-13-9-8-12-17(18)23(24,25)26/h5-13,19H,4,14-15H2,1-3H3,(H,27,32)/t19-/m0/s1. The van der Waals surface area contributed by atoms with Crippen LogP contribution in [-0.2, 0) is 17.5 Å². The molecule has 0 aliphatic rings. The van der Waals surface area contributed by atoms with Crippen molar-refractivity contribution in [3.8, 4) is 0 Å². The summed E-state index contributed by atoms with van der Waals surface area (Å²) in [5.41, 5.74) is -0.0899. The summed E-state index contributed by atoms with van der Waals surface area (Å²) in [5.74, 6) is 0.126. The van der Waals surface area contributed by atoms with Crippen molar-refractivity contribution in [2.24, 2.45) is 0 Å². The second-order valence-electron chi connectivity index (χ2n) is 7.68. The Labute approximate surface area is 195 Å². The number of anilines is 1. The fraction of sp³-hybridized carbons (Fsp3) is 0.348. The second-order valence-corrected chi connectivity index (χ2v) is 8.62. The number of hydrogen-bond acceptors (Lipinski definition) is 5. The topological polar surface area (TPSA) is 63.1 Å². The van der Waals surface area contributed by atoms with Crippen molar-refractivity contribution in [2.75, 3.05) is 25.2 Å². The van der Waals surface area contributed by atoms with Gasteiger partial charge in [0.05, 0.1) is 29.6 Å². The van der Waals surface area contributed by atoms with Gasteiger partial charge < -0.3 is 9.88 Å². The molecule has 1 aromatic heterocycles. The molecule has 10 heteroatoms. The van der Waals surface area contributed by atoms with Crippen molar-refractivity contribution in [3.63, 3.8) is 0 Å². The fourth-order valence-corrected chi connectivity index (χ4v) is 4.25. The lowest BCUT2D eigenvalue weighted by Gasteiger charge is -2.23. The number of thioether (sulfide) groups is 1. The monoisotopic (exact) mass is 477 g/mol. The van der Waals surface area contributed by atoms with Gasteiger partial charge >= 0.3 is 6.18 Å². The summed E-state index contributed by atoms with van der Waals surface area (Å²) >= 11 is 1.14. The number of nitrogens with one attached hydrogen (secondary N) is 1. The number of rotatable bonds is 9. The number of carbonyl (C=O) groups is 1. The Bertz CT molecular complexity index is 1070. The highest BCUT2D eigenvalue weighted by molar-refractivity contribution is 7.99. The first-order valence-corrected chi connectivity index (χ1v) is 11.4. The van der Waals surface area contributed by atoms with E-state index in [-0.39, 0.29) is 17.5 Å². The van der Waals surface area contributed by atoms with Gasteiger partial charge in [-0.05, 0) is 38.2 Å². The van der Waals surface area contributed by atoms with E-state index >= 15 is 0 Å². The van der Waals surface area contributed by atoms with Gasteiger partial charge in [0.2, 0.25) is 5.91 Å². The highest BCUT2D eigenvalue weighted by Crippen LogP contribution is 2.34. The minimum atomic E-state index is -4.55. The van der Waals surface area contributed by atoms with E-state index in [1.54, 1.807) is 0 Å². The molecule has 176 valence electrons. The summed E-state index contributed by atoms with van der Waals surface area (Å²) in [6, 6.07) is 14.8. The second kappa shape index (κ2) is 10.8. The lowest BCUT2D eigenvalue weighted by atomic mass is 10.1. The van der Waals surface area contributed by atoms with Crippen LogP contribution in [0.5, 0.6) is 0 Å². The van der Waals surface area contributed by atoms with Crippen LogP contribution in [0.1, 0.15) is 36.3 Å². The third-order valence-electron chi connectivity index (χ3n) is 5.08. The Hall–Kier alpha value is -2.85. The number of benzene rings is 2. The molecular weight excluding hydrogens is 451 g/mol. The van der Waals surface area contributed by atoms with E-state index in [9.17, 15) is 18.0 Å². The number of hydrogen-bond donors (Lipinski definition) is 1. The molecule has 0 saturated heterocycles. The van der Waals surface area contributed by atoms with Crippen LogP contribution in [0.4, 0.5) is 18.9 Å². The Kier molecular flexibility index (Phi) is 8.15. The first-order valence-electron chi connectivity index (χ1n) is 10.4. The zero-order valence-electron chi connectivity index (χ0n) is 18.6. The normalized spacial score (nSPS) is 12.7. The third-order valence-corrected chi connectivity index (χ3v) is 6.04. The van der Waals surface area contributed by atoms with Crippen molar-refractivity contribution < 1.29 is 18.0 Å². The van der Waals surface area contributed by atoms with Crippen LogP contribution in [0.2, 0.25) is 0 Å². The van der Waals surface area contributed by atoms with Gasteiger partial charge in [-0.15, -0.1) is 10.2 Å². The van der Waals surface area contributed by atoms with E-state index in [1.165, 1.54) is 18.2 Å². The summed E-state index contributed by atoms with van der Waals surface area (Å²) in [5, 5.41) is 11.6. The molecule has 0 aliphatic carbocycles. The smallest absolute Gasteiger partial charge is 0.325 e. The summed E-state index contributed by atoms with van der Waals surface area (Å²) in [6.45, 7) is 2.58. The van der Waals surface area contributed by atoms with Crippen LogP contribution >= 0.6 is 11.8 Å². The molecule has 0 spiro atoms. The van der Waals surface area contributed by atoms with Gasteiger partial charge in [-0.1, -0.05) is 61.2 Å². The number of nitrogens with zero attached hydrogens (tertiary/aromatic N) is 4. The molecule has 1 heterocycles. The lowest BCUT2D eigenvalue weighted by Crippen LogP contribution is -2.23. The van der Waals surface area contributed by atoms with Gasteiger partial charge in [-0.25, -0.2) is 0 Å². The lowest BCUT2D eigenvalue weighted by molar-refractivity contribution is -0.137. The van der Waals surface area contributed by atoms with E-state index in [0.717, 1.165) is 35.6 Å². The number of aromatic nitrogens is 3. The minimum absolute atomic E-state index is 0.0306. The van der Waals surface area contributed by atoms with Crippen molar-refractivity contribution in [1.29, 1.82) is 0 Å².